The van der Waals surface area contributed by atoms with Gasteiger partial charge in [0.05, 0.1) is 17.2 Å². The molecular formula is C20H20N4O. The number of aryl methyl sites for hydroxylation is 3. The summed E-state index contributed by atoms with van der Waals surface area (Å²) in [5, 5.41) is 10.5. The van der Waals surface area contributed by atoms with Crippen LogP contribution in [0.25, 0.3) is 28.1 Å². The summed E-state index contributed by atoms with van der Waals surface area (Å²) in [7, 11) is 0. The molecule has 0 bridgehead atoms. The molecule has 0 amide bonds. The quantitative estimate of drug-likeness (QED) is 0.514. The molecule has 0 aliphatic rings. The number of fused-ring (bicyclic) bond motifs is 1. The van der Waals surface area contributed by atoms with E-state index < -0.39 is 0 Å². The summed E-state index contributed by atoms with van der Waals surface area (Å²) < 4.78 is 1.80. The molecule has 0 radical (unpaired) electrons. The normalized spacial score (nSPS) is 11.3. The van der Waals surface area contributed by atoms with Gasteiger partial charge < -0.3 is 15.8 Å². The van der Waals surface area contributed by atoms with Crippen LogP contribution < -0.4 is 5.73 Å². The Morgan fingerprint density at radius 1 is 1.08 bits per heavy atom. The van der Waals surface area contributed by atoms with Crippen molar-refractivity contribution >= 4 is 16.9 Å². The van der Waals surface area contributed by atoms with E-state index in [9.17, 15) is 5.11 Å². The fourth-order valence-corrected chi connectivity index (χ4v) is 3.35. The van der Waals surface area contributed by atoms with Crippen LogP contribution in [0.2, 0.25) is 0 Å². The average Bonchev–Trinajstić information content (AvgIpc) is 3.08. The molecule has 2 heterocycles. The van der Waals surface area contributed by atoms with Crippen molar-refractivity contribution in [2.45, 2.75) is 20.8 Å². The maximum atomic E-state index is 10.5. The summed E-state index contributed by atoms with van der Waals surface area (Å²) in [5.41, 5.74) is 13.0. The Kier molecular flexibility index (Phi) is 3.32. The number of anilines is 1. The molecule has 0 unspecified atom stereocenters. The lowest BCUT2D eigenvalue weighted by atomic mass is 10.1. The van der Waals surface area contributed by atoms with Gasteiger partial charge in [-0.3, -0.25) is 4.57 Å². The van der Waals surface area contributed by atoms with Gasteiger partial charge in [0.2, 0.25) is 0 Å². The van der Waals surface area contributed by atoms with Gasteiger partial charge in [-0.1, -0.05) is 18.2 Å². The molecule has 4 rings (SSSR count). The Labute approximate surface area is 145 Å². The number of nitrogen functional groups attached to an aromatic ring is 1. The van der Waals surface area contributed by atoms with E-state index >= 15 is 0 Å². The van der Waals surface area contributed by atoms with Crippen molar-refractivity contribution in [1.82, 2.24) is 14.5 Å². The molecule has 0 atom stereocenters. The molecule has 4 N–H and O–H groups in total. The molecule has 5 nitrogen and oxygen atoms in total. The number of hydrogen-bond acceptors (Lipinski definition) is 3. The van der Waals surface area contributed by atoms with Gasteiger partial charge in [-0.15, -0.1) is 0 Å². The molecule has 25 heavy (non-hydrogen) atoms. The van der Waals surface area contributed by atoms with Crippen molar-refractivity contribution in [2.75, 3.05) is 5.73 Å². The van der Waals surface area contributed by atoms with E-state index in [4.69, 9.17) is 5.73 Å². The van der Waals surface area contributed by atoms with E-state index in [0.717, 1.165) is 33.4 Å². The number of hydrogen-bond donors (Lipinski definition) is 3. The van der Waals surface area contributed by atoms with Crippen LogP contribution in [0, 0.1) is 20.8 Å². The van der Waals surface area contributed by atoms with Crippen molar-refractivity contribution < 1.29 is 5.11 Å². The molecule has 0 aliphatic carbocycles. The maximum absolute atomic E-state index is 10.5. The zero-order valence-electron chi connectivity index (χ0n) is 14.5. The minimum atomic E-state index is 0.105. The zero-order valence-corrected chi connectivity index (χ0v) is 14.5. The minimum Gasteiger partial charge on any atom is -0.505 e. The van der Waals surface area contributed by atoms with Crippen molar-refractivity contribution in [3.05, 3.63) is 59.3 Å². The van der Waals surface area contributed by atoms with Gasteiger partial charge in [0.15, 0.2) is 0 Å². The van der Waals surface area contributed by atoms with Gasteiger partial charge in [-0.25, -0.2) is 4.98 Å². The highest BCUT2D eigenvalue weighted by Crippen LogP contribution is 2.37. The summed E-state index contributed by atoms with van der Waals surface area (Å²) in [6.07, 6.45) is 1.64. The van der Waals surface area contributed by atoms with E-state index in [0.29, 0.717) is 17.2 Å². The molecule has 126 valence electrons. The number of aromatic nitrogens is 3. The van der Waals surface area contributed by atoms with Crippen molar-refractivity contribution in [2.24, 2.45) is 0 Å². The Morgan fingerprint density at radius 2 is 1.80 bits per heavy atom. The largest absolute Gasteiger partial charge is 0.505 e. The first-order chi connectivity index (χ1) is 11.9. The molecular weight excluding hydrogens is 312 g/mol. The third kappa shape index (κ3) is 2.45. The fraction of sp³-hybridized carbons (Fsp3) is 0.150. The third-order valence-electron chi connectivity index (χ3n) is 4.46. The number of imidazole rings is 1. The van der Waals surface area contributed by atoms with Crippen molar-refractivity contribution in [1.29, 1.82) is 0 Å². The monoisotopic (exact) mass is 332 g/mol. The summed E-state index contributed by atoms with van der Waals surface area (Å²) in [6, 6.07) is 12.1. The Balaban J connectivity index is 1.91. The Hall–Kier alpha value is -3.21. The number of H-pyrrole nitrogens is 1. The highest BCUT2D eigenvalue weighted by atomic mass is 16.3. The lowest BCUT2D eigenvalue weighted by Crippen LogP contribution is -2.00. The summed E-state index contributed by atoms with van der Waals surface area (Å²) in [6.45, 7) is 6.09. The number of benzene rings is 2. The van der Waals surface area contributed by atoms with Crippen LogP contribution in [0.15, 0.2) is 42.6 Å². The molecule has 0 aliphatic heterocycles. The molecule has 4 aromatic rings. The van der Waals surface area contributed by atoms with Crippen LogP contribution in [0.4, 0.5) is 5.82 Å². The van der Waals surface area contributed by atoms with E-state index in [2.05, 4.69) is 16.0 Å². The predicted octanol–water partition coefficient (Wildman–Crippen LogP) is 4.23. The van der Waals surface area contributed by atoms with Gasteiger partial charge in [-0.2, -0.15) is 0 Å². The smallest absolute Gasteiger partial charge is 0.146 e. The number of nitrogens with two attached hydrogens (primary N) is 1. The third-order valence-corrected chi connectivity index (χ3v) is 4.46. The van der Waals surface area contributed by atoms with Crippen molar-refractivity contribution in [3.63, 3.8) is 0 Å². The number of para-hydroxylation sites is 1. The van der Waals surface area contributed by atoms with Crippen LogP contribution in [-0.4, -0.2) is 19.6 Å². The van der Waals surface area contributed by atoms with E-state index in [-0.39, 0.29) is 5.75 Å². The lowest BCUT2D eigenvalue weighted by molar-refractivity contribution is 0.477. The van der Waals surface area contributed by atoms with Gasteiger partial charge >= 0.3 is 0 Å². The fourth-order valence-electron chi connectivity index (χ4n) is 3.35. The van der Waals surface area contributed by atoms with Crippen LogP contribution >= 0.6 is 0 Å². The predicted molar refractivity (Wildman–Crippen MR) is 101 cm³/mol. The highest BCUT2D eigenvalue weighted by molar-refractivity contribution is 5.86. The molecule has 2 aromatic carbocycles. The highest BCUT2D eigenvalue weighted by Gasteiger charge is 2.19. The first kappa shape index (κ1) is 15.3. The average molecular weight is 332 g/mol. The van der Waals surface area contributed by atoms with Gasteiger partial charge in [0, 0.05) is 5.69 Å². The second-order valence-corrected chi connectivity index (χ2v) is 6.55. The standard InChI is InChI=1S/C20H20N4O/c1-11-7-12(2)9-14(8-11)24-10-16(25)17(19(24)21)20-22-15-6-4-5-13(3)18(15)23-20/h4-10,25H,21H2,1-3H3,(H,22,23). The summed E-state index contributed by atoms with van der Waals surface area (Å²) in [5.74, 6) is 1.13. The van der Waals surface area contributed by atoms with E-state index in [1.165, 1.54) is 0 Å². The zero-order chi connectivity index (χ0) is 17.7. The number of aromatic amines is 1. The van der Waals surface area contributed by atoms with Gasteiger partial charge in [0.25, 0.3) is 0 Å². The molecule has 0 fully saturated rings. The number of nitrogens with zero attached hydrogens (tertiary/aromatic N) is 2. The Bertz CT molecular complexity index is 1080. The maximum Gasteiger partial charge on any atom is 0.146 e. The van der Waals surface area contributed by atoms with E-state index in [1.54, 1.807) is 10.8 Å². The van der Waals surface area contributed by atoms with Crippen LogP contribution in [-0.2, 0) is 0 Å². The number of aromatic hydroxyl groups is 1. The minimum absolute atomic E-state index is 0.105. The lowest BCUT2D eigenvalue weighted by Gasteiger charge is -2.08. The number of nitrogens with one attached hydrogen (secondary N) is 1. The summed E-state index contributed by atoms with van der Waals surface area (Å²) >= 11 is 0. The van der Waals surface area contributed by atoms with Gasteiger partial charge in [0.1, 0.15) is 23.0 Å². The van der Waals surface area contributed by atoms with Crippen LogP contribution in [0.3, 0.4) is 0 Å². The molecule has 2 aromatic heterocycles. The Morgan fingerprint density at radius 3 is 2.48 bits per heavy atom. The van der Waals surface area contributed by atoms with Gasteiger partial charge in [-0.05, 0) is 55.7 Å². The molecule has 0 saturated carbocycles. The molecule has 5 heteroatoms. The van der Waals surface area contributed by atoms with Crippen LogP contribution in [0.5, 0.6) is 5.75 Å². The first-order valence-electron chi connectivity index (χ1n) is 8.18. The molecule has 0 saturated heterocycles. The number of rotatable bonds is 2. The second-order valence-electron chi connectivity index (χ2n) is 6.55. The summed E-state index contributed by atoms with van der Waals surface area (Å²) in [4.78, 5) is 7.89. The van der Waals surface area contributed by atoms with Crippen molar-refractivity contribution in [3.8, 4) is 22.8 Å². The second kappa shape index (κ2) is 5.41. The first-order valence-corrected chi connectivity index (χ1v) is 8.18. The van der Waals surface area contributed by atoms with E-state index in [1.807, 2.05) is 51.1 Å². The van der Waals surface area contributed by atoms with Crippen LogP contribution in [0.1, 0.15) is 16.7 Å². The molecule has 0 spiro atoms. The topological polar surface area (TPSA) is 79.9 Å². The SMILES string of the molecule is Cc1cc(C)cc(-n2cc(O)c(-c3nc4c(C)cccc4[nH]3)c2N)c1.